The van der Waals surface area contributed by atoms with Gasteiger partial charge in [0.05, 0.1) is 19.3 Å². The molecule has 0 saturated carbocycles. The number of anilines is 1. The summed E-state index contributed by atoms with van der Waals surface area (Å²) >= 11 is 1.11. The van der Waals surface area contributed by atoms with E-state index in [0.717, 1.165) is 93.2 Å². The average Bonchev–Trinajstić information content (AvgIpc) is 3.92. The molecular formula is C57H88N4O18P2S. The number of phosphoric acid groups is 2. The van der Waals surface area contributed by atoms with Gasteiger partial charge >= 0.3 is 39.2 Å². The lowest BCUT2D eigenvalue weighted by Crippen LogP contribution is -2.38. The van der Waals surface area contributed by atoms with Crippen molar-refractivity contribution in [3.8, 4) is 0 Å². The number of unbranched alkanes of at least 4 members (excludes halogenated alkanes) is 6. The van der Waals surface area contributed by atoms with Crippen molar-refractivity contribution in [3.05, 3.63) is 132 Å². The Kier molecular flexibility index (Phi) is 39.1. The van der Waals surface area contributed by atoms with E-state index < -0.39 is 107 Å². The van der Waals surface area contributed by atoms with Crippen LogP contribution in [0, 0.1) is 0 Å². The number of esters is 2. The molecule has 0 radical (unpaired) electrons. The van der Waals surface area contributed by atoms with E-state index in [1.165, 1.54) is 12.5 Å². The zero-order valence-corrected chi connectivity index (χ0v) is 49.8. The highest BCUT2D eigenvalue weighted by atomic mass is 32.2. The number of carbonyl (C=O) groups is 3. The van der Waals surface area contributed by atoms with Crippen molar-refractivity contribution in [1.82, 2.24) is 9.55 Å². The Bertz CT molecular complexity index is 2440. The Morgan fingerprint density at radius 1 is 0.768 bits per heavy atom. The Balaban J connectivity index is 2.05. The number of phosphoric ester groups is 2. The predicted octanol–water partition coefficient (Wildman–Crippen LogP) is 9.09. The summed E-state index contributed by atoms with van der Waals surface area (Å²) in [6.45, 7) is 1.48. The molecule has 22 nitrogen and oxygen atoms in total. The second-order valence-electron chi connectivity index (χ2n) is 18.9. The second kappa shape index (κ2) is 43.8. The normalized spacial score (nSPS) is 20.1. The Morgan fingerprint density at radius 2 is 1.37 bits per heavy atom. The SMILES string of the molecule is CC/C=C\C/C=C\C/C=C\C/C=C\C/C=C\CCCCCC(=O)O[C@H](COC(=O)[C@@H](N)CS[C@H](/C=C/C=C/C=C\C/C=C\CCCCC)[C@@H](O)CCCC(=O)O)COP(=O)(O)OP(=O)(O)OC[C@H]1O[C@@H](n2ccc(N)nc2=O)[C@H](O)[C@@H]1O. The summed E-state index contributed by atoms with van der Waals surface area (Å²) in [7, 11) is -11.1. The number of carboxylic acids is 1. The van der Waals surface area contributed by atoms with Gasteiger partial charge in [0.15, 0.2) is 12.3 Å². The van der Waals surface area contributed by atoms with Crippen LogP contribution in [0.15, 0.2) is 126 Å². The van der Waals surface area contributed by atoms with Gasteiger partial charge in [-0.1, -0.05) is 142 Å². The van der Waals surface area contributed by atoms with Gasteiger partial charge in [0.2, 0.25) is 0 Å². The van der Waals surface area contributed by atoms with Crippen LogP contribution >= 0.6 is 27.4 Å². The molecule has 82 heavy (non-hydrogen) atoms. The van der Waals surface area contributed by atoms with Crippen LogP contribution in [0.1, 0.15) is 136 Å². The maximum atomic E-state index is 13.2. The van der Waals surface area contributed by atoms with Crippen LogP contribution in [0.4, 0.5) is 5.82 Å². The van der Waals surface area contributed by atoms with Gasteiger partial charge in [-0.25, -0.2) is 13.9 Å². The number of aliphatic carboxylic acids is 1. The number of carboxylic acid groups (broad SMARTS) is 1. The topological polar surface area (TPSA) is 349 Å². The highest BCUT2D eigenvalue weighted by molar-refractivity contribution is 8.00. The van der Waals surface area contributed by atoms with E-state index in [0.29, 0.717) is 12.8 Å². The Morgan fingerprint density at radius 3 is 1.99 bits per heavy atom. The van der Waals surface area contributed by atoms with Crippen LogP contribution in [-0.2, 0) is 51.1 Å². The zero-order valence-electron chi connectivity index (χ0n) is 47.2. The highest BCUT2D eigenvalue weighted by Gasteiger charge is 2.46. The molecule has 25 heteroatoms. The fraction of sp³-hybridized carbons (Fsp3) is 0.561. The molecule has 460 valence electrons. The van der Waals surface area contributed by atoms with Crippen molar-refractivity contribution >= 4 is 51.1 Å². The number of hydrogen-bond acceptors (Lipinski definition) is 19. The van der Waals surface area contributed by atoms with Gasteiger partial charge in [0.1, 0.15) is 36.8 Å². The van der Waals surface area contributed by atoms with E-state index in [-0.39, 0.29) is 37.3 Å². The third kappa shape index (κ3) is 34.7. The van der Waals surface area contributed by atoms with Crippen molar-refractivity contribution < 1.29 is 81.3 Å². The number of nitrogens with two attached hydrogens (primary N) is 2. The summed E-state index contributed by atoms with van der Waals surface area (Å²) in [6.07, 6.45) is 40.7. The molecule has 1 aliphatic rings. The largest absolute Gasteiger partial charge is 0.481 e. The molecule has 1 saturated heterocycles. The number of aliphatic hydroxyl groups is 3. The number of thioether (sulfide) groups is 1. The number of nitrogen functional groups attached to an aromatic ring is 1. The van der Waals surface area contributed by atoms with E-state index >= 15 is 0 Å². The van der Waals surface area contributed by atoms with Crippen LogP contribution in [0.2, 0.25) is 0 Å². The molecule has 10 atom stereocenters. The molecule has 1 fully saturated rings. The minimum Gasteiger partial charge on any atom is -0.481 e. The maximum absolute atomic E-state index is 13.2. The quantitative estimate of drug-likeness (QED) is 0.00991. The molecule has 2 unspecified atom stereocenters. The highest BCUT2D eigenvalue weighted by Crippen LogP contribution is 2.60. The lowest BCUT2D eigenvalue weighted by Gasteiger charge is -2.23. The smallest absolute Gasteiger partial charge is 0.481 e. The number of aromatic nitrogens is 2. The molecule has 10 N–H and O–H groups in total. The van der Waals surface area contributed by atoms with Gasteiger partial charge < -0.3 is 55.9 Å². The summed E-state index contributed by atoms with van der Waals surface area (Å²) in [4.78, 5) is 74.1. The first-order valence-corrected chi connectivity index (χ1v) is 31.9. The van der Waals surface area contributed by atoms with E-state index in [2.05, 4.69) is 96.1 Å². The van der Waals surface area contributed by atoms with E-state index in [9.17, 15) is 53.4 Å². The molecule has 0 aliphatic carbocycles. The number of aliphatic hydroxyl groups excluding tert-OH is 3. The van der Waals surface area contributed by atoms with Crippen molar-refractivity contribution in [2.45, 2.75) is 177 Å². The number of hydrogen-bond donors (Lipinski definition) is 8. The minimum absolute atomic E-state index is 0.0935. The molecule has 1 aliphatic heterocycles. The van der Waals surface area contributed by atoms with Crippen molar-refractivity contribution in [1.29, 1.82) is 0 Å². The first kappa shape index (κ1) is 73.3. The number of ether oxygens (including phenoxy) is 3. The predicted molar refractivity (Wildman–Crippen MR) is 317 cm³/mol. The molecule has 2 heterocycles. The lowest BCUT2D eigenvalue weighted by atomic mass is 10.1. The van der Waals surface area contributed by atoms with Crippen LogP contribution in [0.3, 0.4) is 0 Å². The fourth-order valence-corrected chi connectivity index (χ4v) is 10.7. The molecule has 2 rings (SSSR count). The van der Waals surface area contributed by atoms with Crippen molar-refractivity contribution in [3.63, 3.8) is 0 Å². The standard InChI is InChI=1S/C57H88N4O18P2S/c1-3-5-7-9-11-13-15-17-18-19-20-21-22-23-25-27-29-31-33-38-52(65)77-45(42-75-80(70,71)79-81(72,73)76-43-48-53(66)54(67)55(78-48)61-40-39-50(59)60-57(61)69)41-74-56(68)46(58)44-82-49(47(62)35-34-37-51(63)64)36-32-30-28-26-24-16-14-12-10-8-6-4-2/h5,7,11-14,17-18,20-21,23-26,28,30,32,36,39-40,45-49,53-55,62,66-67H,3-4,6,8-10,15-16,19,22,27,29,31,33-35,37-38,41-44,58H2,1-2H3,(H,63,64)(H,70,71)(H,72,73)(H2,59,60,69)/b7-5-,13-11-,14-12-,18-17-,21-20-,25-23-,26-24-,30-28+,36-32+/t45-,46+,47+,48-,49-,53-,54-,55-/m1/s1. The number of rotatable bonds is 45. The van der Waals surface area contributed by atoms with Crippen LogP contribution in [-0.4, -0.2) is 125 Å². The van der Waals surface area contributed by atoms with Gasteiger partial charge in [0.25, 0.3) is 0 Å². The number of carbonyl (C=O) groups excluding carboxylic acids is 2. The van der Waals surface area contributed by atoms with Crippen LogP contribution in [0.5, 0.6) is 0 Å². The molecule has 1 aromatic heterocycles. The zero-order chi connectivity index (χ0) is 60.4. The average molecular weight is 1210 g/mol. The van der Waals surface area contributed by atoms with Gasteiger partial charge in [-0.3, -0.25) is 28.0 Å². The summed E-state index contributed by atoms with van der Waals surface area (Å²) in [6, 6.07) is -0.0920. The van der Waals surface area contributed by atoms with Gasteiger partial charge in [-0.05, 0) is 89.5 Å². The minimum atomic E-state index is -5.57. The molecule has 0 spiro atoms. The first-order valence-electron chi connectivity index (χ1n) is 27.8. The monoisotopic (exact) mass is 1210 g/mol. The summed E-state index contributed by atoms with van der Waals surface area (Å²) in [5.74, 6) is -3.02. The summed E-state index contributed by atoms with van der Waals surface area (Å²) < 4.78 is 57.1. The van der Waals surface area contributed by atoms with E-state index in [1.54, 1.807) is 18.2 Å². The molecule has 0 amide bonds. The maximum Gasteiger partial charge on any atom is 0.481 e. The first-order chi connectivity index (χ1) is 39.3. The number of allylic oxidation sites excluding steroid dienone is 17. The Hall–Kier alpha value is -4.84. The van der Waals surface area contributed by atoms with Gasteiger partial charge in [-0.2, -0.15) is 9.29 Å². The third-order valence-electron chi connectivity index (χ3n) is 11.8. The third-order valence-corrected chi connectivity index (χ3v) is 15.8. The van der Waals surface area contributed by atoms with Crippen molar-refractivity contribution in [2.75, 3.05) is 31.3 Å². The van der Waals surface area contributed by atoms with Crippen LogP contribution in [0.25, 0.3) is 0 Å². The molecule has 0 aromatic carbocycles. The van der Waals surface area contributed by atoms with E-state index in [1.807, 2.05) is 18.2 Å². The van der Waals surface area contributed by atoms with Gasteiger partial charge in [-0.15, -0.1) is 11.8 Å². The molecule has 0 bridgehead atoms. The second-order valence-corrected chi connectivity index (χ2v) is 23.2. The Labute approximate surface area is 486 Å². The summed E-state index contributed by atoms with van der Waals surface area (Å²) in [5, 5.41) is 40.5. The van der Waals surface area contributed by atoms with Gasteiger partial charge in [0, 0.05) is 30.0 Å². The summed E-state index contributed by atoms with van der Waals surface area (Å²) in [5.41, 5.74) is 10.8. The van der Waals surface area contributed by atoms with Crippen LogP contribution < -0.4 is 17.2 Å². The molecule has 1 aromatic rings. The fourth-order valence-electron chi connectivity index (χ4n) is 7.43. The van der Waals surface area contributed by atoms with Crippen molar-refractivity contribution in [2.24, 2.45) is 5.73 Å². The molecular weight excluding hydrogens is 1120 g/mol. The lowest BCUT2D eigenvalue weighted by molar-refractivity contribution is -0.161. The number of nitrogens with zero attached hydrogens (tertiary/aromatic N) is 2. The van der Waals surface area contributed by atoms with E-state index in [4.69, 9.17) is 39.8 Å².